The minimum Gasteiger partial charge on any atom is -0.494 e. The van der Waals surface area contributed by atoms with E-state index in [1.807, 2.05) is 0 Å². The first-order chi connectivity index (χ1) is 44.8. The van der Waals surface area contributed by atoms with Crippen LogP contribution in [0.15, 0.2) is 190 Å². The molecule has 480 valence electrons. The van der Waals surface area contributed by atoms with Crippen molar-refractivity contribution in [1.82, 2.24) is 0 Å². The van der Waals surface area contributed by atoms with E-state index in [2.05, 4.69) is 237 Å². The maximum atomic E-state index is 16.2. The van der Waals surface area contributed by atoms with Crippen LogP contribution < -0.4 is 30.3 Å². The van der Waals surface area contributed by atoms with Crippen LogP contribution in [0.5, 0.6) is 11.5 Å². The standard InChI is InChI=1S/C87H102O3S2/c1-9-11-13-15-17-29-53-89-67-45-47-69-65(55-67)57-86(5,6)83-75-39-31-37-73(71(75)49-51-77(69)83)81-43-27-25-41-79(91(81)59-63-33-21-19-22-34-63)61(3)85(88)62(4)80-42-26-28-44-82(92(80)60-64-35-23-20-24-36-64)74-38-32-40-76-72(74)50-52-78-70-48-46-68(90-54-30-18-16-14-12-10-2)56-66(70)58-87(7,8)84(76)78/h19-28,33-36,41-52,55-58,61-62,91-92H,9-18,29-32,37-40,53-54,59-60H2,1-8H3. The van der Waals surface area contributed by atoms with Gasteiger partial charge in [0.1, 0.15) is 17.3 Å². The molecule has 4 unspecified atom stereocenters. The topological polar surface area (TPSA) is 35.5 Å². The van der Waals surface area contributed by atoms with Crippen molar-refractivity contribution in [3.05, 3.63) is 265 Å². The predicted molar refractivity (Wildman–Crippen MR) is 397 cm³/mol. The maximum Gasteiger partial charge on any atom is 0.148 e. The van der Waals surface area contributed by atoms with E-state index in [0.29, 0.717) is 5.78 Å². The van der Waals surface area contributed by atoms with Gasteiger partial charge in [-0.1, -0.05) is 265 Å². The summed E-state index contributed by atoms with van der Waals surface area (Å²) in [6.45, 7) is 20.3. The normalized spacial score (nSPS) is 19.7. The fraction of sp³-hybridized carbons (Fsp3) is 0.391. The highest BCUT2D eigenvalue weighted by atomic mass is 32.2. The molecule has 0 fully saturated rings. The number of allylic oxidation sites excluding steroid dienone is 12. The number of carbonyl (C=O) groups is 1. The van der Waals surface area contributed by atoms with Crippen molar-refractivity contribution in [2.45, 2.75) is 193 Å². The van der Waals surface area contributed by atoms with Crippen molar-refractivity contribution < 1.29 is 14.3 Å². The molecule has 6 aliphatic rings. The van der Waals surface area contributed by atoms with Crippen molar-refractivity contribution in [1.29, 1.82) is 0 Å². The zero-order chi connectivity index (χ0) is 63.8. The van der Waals surface area contributed by atoms with Crippen LogP contribution in [0.2, 0.25) is 0 Å². The van der Waals surface area contributed by atoms with Crippen LogP contribution in [0.4, 0.5) is 0 Å². The van der Waals surface area contributed by atoms with E-state index in [4.69, 9.17) is 9.47 Å². The Balaban J connectivity index is 0.877. The molecule has 4 aliphatic carbocycles. The molecule has 0 spiro atoms. The van der Waals surface area contributed by atoms with Gasteiger partial charge >= 0.3 is 0 Å². The maximum absolute atomic E-state index is 16.2. The van der Waals surface area contributed by atoms with E-state index in [0.717, 1.165) is 87.6 Å². The number of unbranched alkanes of at least 4 members (excludes halogenated alkanes) is 10. The highest BCUT2D eigenvalue weighted by Gasteiger charge is 2.36. The zero-order valence-corrected chi connectivity index (χ0v) is 58.4. The van der Waals surface area contributed by atoms with Gasteiger partial charge in [-0.3, -0.25) is 4.79 Å². The van der Waals surface area contributed by atoms with E-state index >= 15 is 4.79 Å². The molecule has 2 aliphatic heterocycles. The van der Waals surface area contributed by atoms with Gasteiger partial charge in [-0.25, -0.2) is 0 Å². The van der Waals surface area contributed by atoms with E-state index in [9.17, 15) is 0 Å². The SMILES string of the molecule is CCCCCCCCOc1ccc2c(c1)=CC(C)(C)c1c3c(ccc1=2)=C(C1=CC=CC=C(C(C)C(=O)C(C)C2=CC=CC=C(C4=c5ccc6c(c5CCC4)C(C)(C)C=c4cc(OCCCCCCCC)ccc4=6)[SH]2Cc2ccccc2)[SH]1Cc1ccccc1)CCC3. The molecule has 0 amide bonds. The van der Waals surface area contributed by atoms with Crippen LogP contribution in [-0.2, 0) is 40.0 Å². The summed E-state index contributed by atoms with van der Waals surface area (Å²) in [7, 11) is -1.94. The second-order valence-electron chi connectivity index (χ2n) is 28.2. The number of Topliss-reactive ketones (excluding diaryl/α,β-unsaturated/α-hetero) is 1. The van der Waals surface area contributed by atoms with Crippen LogP contribution in [-0.4, -0.2) is 19.0 Å². The largest absolute Gasteiger partial charge is 0.494 e. The molecule has 3 nitrogen and oxygen atoms in total. The zero-order valence-electron chi connectivity index (χ0n) is 56.7. The van der Waals surface area contributed by atoms with Crippen molar-refractivity contribution >= 4 is 50.9 Å². The van der Waals surface area contributed by atoms with E-state index in [1.54, 1.807) is 0 Å². The summed E-state index contributed by atoms with van der Waals surface area (Å²) in [6, 6.07) is 45.6. The Hall–Kier alpha value is -6.79. The smallest absolute Gasteiger partial charge is 0.148 e. The third kappa shape index (κ3) is 14.2. The van der Waals surface area contributed by atoms with E-state index in [-0.39, 0.29) is 22.7 Å². The van der Waals surface area contributed by atoms with Gasteiger partial charge < -0.3 is 9.47 Å². The molecular formula is C87H102O3S2. The molecule has 4 atom stereocenters. The molecule has 0 saturated carbocycles. The first-order valence-corrected chi connectivity index (χ1v) is 38.5. The minimum absolute atomic E-state index is 0.173. The lowest BCUT2D eigenvalue weighted by atomic mass is 9.74. The Morgan fingerprint density at radius 3 is 1.25 bits per heavy atom. The molecular weight excluding hydrogens is 1160 g/mol. The van der Waals surface area contributed by atoms with Gasteiger partial charge in [0.15, 0.2) is 0 Å². The lowest BCUT2D eigenvalue weighted by Gasteiger charge is -2.37. The molecule has 0 radical (unpaired) electrons. The van der Waals surface area contributed by atoms with Gasteiger partial charge in [-0.05, 0) is 194 Å². The second kappa shape index (κ2) is 29.7. The van der Waals surface area contributed by atoms with Gasteiger partial charge in [-0.15, -0.1) is 0 Å². The molecule has 0 saturated heterocycles. The second-order valence-corrected chi connectivity index (χ2v) is 32.5. The summed E-state index contributed by atoms with van der Waals surface area (Å²) in [4.78, 5) is 21.6. The number of hydrogen-bond donors (Lipinski definition) is 2. The highest BCUT2D eigenvalue weighted by Crippen LogP contribution is 2.58. The first-order valence-electron chi connectivity index (χ1n) is 35.5. The lowest BCUT2D eigenvalue weighted by Crippen LogP contribution is -2.31. The summed E-state index contributed by atoms with van der Waals surface area (Å²) < 4.78 is 12.8. The predicted octanol–water partition coefficient (Wildman–Crippen LogP) is 19.5. The molecule has 0 N–H and O–H groups in total. The third-order valence-electron chi connectivity index (χ3n) is 20.7. The van der Waals surface area contributed by atoms with Crippen LogP contribution in [0.25, 0.3) is 23.3 Å². The Labute approximate surface area is 556 Å². The molecule has 0 aromatic heterocycles. The number of carbonyl (C=O) groups excluding carboxylic acids is 1. The summed E-state index contributed by atoms with van der Waals surface area (Å²) in [5.41, 5.74) is 11.2. The van der Waals surface area contributed by atoms with Crippen molar-refractivity contribution in [3.8, 4) is 11.5 Å². The van der Waals surface area contributed by atoms with Crippen molar-refractivity contribution in [3.63, 3.8) is 0 Å². The number of fused-ring (bicyclic) bond motifs is 8. The van der Waals surface area contributed by atoms with Crippen molar-refractivity contribution in [2.75, 3.05) is 13.2 Å². The van der Waals surface area contributed by atoms with Gasteiger partial charge in [0, 0.05) is 34.2 Å². The highest BCUT2D eigenvalue weighted by molar-refractivity contribution is 8.23. The van der Waals surface area contributed by atoms with Crippen LogP contribution >= 0.6 is 21.8 Å². The number of rotatable bonds is 26. The molecule has 5 heteroatoms. The molecule has 0 bridgehead atoms. The first kappa shape index (κ1) is 65.3. The number of ketones is 1. The number of ether oxygens (including phenoxy) is 2. The Bertz CT molecular complexity index is 4100. The molecule has 92 heavy (non-hydrogen) atoms. The molecule has 2 heterocycles. The lowest BCUT2D eigenvalue weighted by molar-refractivity contribution is -0.123. The fourth-order valence-corrected chi connectivity index (χ4v) is 21.9. The summed E-state index contributed by atoms with van der Waals surface area (Å²) in [6.07, 6.45) is 45.1. The van der Waals surface area contributed by atoms with Gasteiger partial charge in [0.05, 0.1) is 13.2 Å². The van der Waals surface area contributed by atoms with E-state index in [1.165, 1.54) is 170 Å². The minimum atomic E-state index is -0.968. The summed E-state index contributed by atoms with van der Waals surface area (Å²) in [5.74, 6) is 3.45. The quantitative estimate of drug-likeness (QED) is 0.0420. The summed E-state index contributed by atoms with van der Waals surface area (Å²) in [5, 5.41) is 10.7. The van der Waals surface area contributed by atoms with E-state index < -0.39 is 21.8 Å². The Kier molecular flexibility index (Phi) is 21.0. The van der Waals surface area contributed by atoms with Gasteiger partial charge in [0.25, 0.3) is 0 Å². The molecule has 6 aromatic carbocycles. The third-order valence-corrected chi connectivity index (χ3v) is 26.3. The number of hydrogen-bond acceptors (Lipinski definition) is 3. The number of benzene rings is 6. The summed E-state index contributed by atoms with van der Waals surface area (Å²) >= 11 is 0. The average molecular weight is 1260 g/mol. The fourth-order valence-electron chi connectivity index (χ4n) is 16.1. The van der Waals surface area contributed by atoms with Crippen LogP contribution in [0, 0.1) is 32.7 Å². The average Bonchev–Trinajstić information content (AvgIpc) is 0.793. The van der Waals surface area contributed by atoms with Crippen LogP contribution in [0.1, 0.15) is 192 Å². The van der Waals surface area contributed by atoms with Crippen molar-refractivity contribution in [2.24, 2.45) is 11.8 Å². The Morgan fingerprint density at radius 1 is 0.446 bits per heavy atom. The molecule has 12 rings (SSSR count). The Morgan fingerprint density at radius 2 is 0.826 bits per heavy atom. The van der Waals surface area contributed by atoms with Gasteiger partial charge in [-0.2, -0.15) is 21.8 Å². The van der Waals surface area contributed by atoms with Crippen LogP contribution in [0.3, 0.4) is 0 Å². The molecule has 6 aromatic rings. The number of thiol groups is 2. The van der Waals surface area contributed by atoms with Gasteiger partial charge in [0.2, 0.25) is 0 Å². The monoisotopic (exact) mass is 1260 g/mol.